The fourth-order valence-electron chi connectivity index (χ4n) is 1.94. The second-order valence-corrected chi connectivity index (χ2v) is 4.95. The van der Waals surface area contributed by atoms with Crippen LogP contribution in [0.25, 0.3) is 0 Å². The van der Waals surface area contributed by atoms with Crippen LogP contribution >= 0.6 is 0 Å². The number of rotatable bonds is 11. The molecule has 0 saturated heterocycles. The topological polar surface area (TPSA) is 73.5 Å². The van der Waals surface area contributed by atoms with Gasteiger partial charge in [0.1, 0.15) is 0 Å². The largest absolute Gasteiger partial charge is 0.380 e. The molecule has 6 nitrogen and oxygen atoms in total. The van der Waals surface area contributed by atoms with E-state index in [0.29, 0.717) is 32.4 Å². The number of anilines is 1. The van der Waals surface area contributed by atoms with E-state index < -0.39 is 0 Å². The van der Waals surface area contributed by atoms with Crippen LogP contribution in [0.15, 0.2) is 12.4 Å². The van der Waals surface area contributed by atoms with Crippen LogP contribution in [0.3, 0.4) is 0 Å². The zero-order chi connectivity index (χ0) is 15.5. The van der Waals surface area contributed by atoms with Crippen LogP contribution in [0.2, 0.25) is 0 Å². The van der Waals surface area contributed by atoms with E-state index >= 15 is 0 Å². The molecule has 0 saturated carbocycles. The first-order valence-electron chi connectivity index (χ1n) is 7.64. The summed E-state index contributed by atoms with van der Waals surface area (Å²) in [7, 11) is 0. The predicted molar refractivity (Wildman–Crippen MR) is 84.6 cm³/mol. The van der Waals surface area contributed by atoms with Gasteiger partial charge < -0.3 is 20.1 Å². The molecule has 1 rings (SSSR count). The summed E-state index contributed by atoms with van der Waals surface area (Å²) in [6.07, 6.45) is 4.48. The highest BCUT2D eigenvalue weighted by molar-refractivity contribution is 5.29. The Hall–Kier alpha value is -1.24. The van der Waals surface area contributed by atoms with Gasteiger partial charge in [-0.1, -0.05) is 0 Å². The molecule has 0 aliphatic rings. The minimum absolute atomic E-state index is 0.117. The monoisotopic (exact) mass is 296 g/mol. The highest BCUT2D eigenvalue weighted by Crippen LogP contribution is 2.08. The van der Waals surface area contributed by atoms with Crippen molar-refractivity contribution in [1.82, 2.24) is 9.97 Å². The van der Waals surface area contributed by atoms with E-state index in [-0.39, 0.29) is 6.04 Å². The Labute approximate surface area is 127 Å². The second kappa shape index (κ2) is 10.5. The molecule has 0 aliphatic carbocycles. The quantitative estimate of drug-likeness (QED) is 0.619. The number of ether oxygens (including phenoxy) is 2. The van der Waals surface area contributed by atoms with Gasteiger partial charge in [0, 0.05) is 44.7 Å². The third-order valence-electron chi connectivity index (χ3n) is 2.95. The molecule has 0 radical (unpaired) electrons. The summed E-state index contributed by atoms with van der Waals surface area (Å²) in [6, 6.07) is 0.117. The maximum Gasteiger partial charge on any atom is 0.225 e. The summed E-state index contributed by atoms with van der Waals surface area (Å²) >= 11 is 0. The average molecular weight is 296 g/mol. The van der Waals surface area contributed by atoms with Gasteiger partial charge in [-0.25, -0.2) is 9.97 Å². The van der Waals surface area contributed by atoms with Crippen LogP contribution in [0, 0.1) is 0 Å². The van der Waals surface area contributed by atoms with Crippen LogP contribution in [0.5, 0.6) is 0 Å². The molecule has 1 aromatic rings. The van der Waals surface area contributed by atoms with Gasteiger partial charge in [-0.05, 0) is 32.8 Å². The number of hydrogen-bond acceptors (Lipinski definition) is 6. The summed E-state index contributed by atoms with van der Waals surface area (Å²) in [5.74, 6) is 0.711. The Balaban J connectivity index is 2.62. The maximum atomic E-state index is 5.79. The summed E-state index contributed by atoms with van der Waals surface area (Å²) in [5, 5.41) is 0. The SMILES string of the molecule is CCOCCN(CCOCC)c1ncc(CC(C)N)cn1. The van der Waals surface area contributed by atoms with E-state index in [2.05, 4.69) is 14.9 Å². The Morgan fingerprint density at radius 3 is 2.05 bits per heavy atom. The van der Waals surface area contributed by atoms with Gasteiger partial charge in [-0.3, -0.25) is 0 Å². The first-order valence-corrected chi connectivity index (χ1v) is 7.64. The third kappa shape index (κ3) is 7.36. The van der Waals surface area contributed by atoms with E-state index in [1.165, 1.54) is 0 Å². The molecule has 1 unspecified atom stereocenters. The first kappa shape index (κ1) is 17.8. The third-order valence-corrected chi connectivity index (χ3v) is 2.95. The van der Waals surface area contributed by atoms with E-state index in [4.69, 9.17) is 15.2 Å². The average Bonchev–Trinajstić information content (AvgIpc) is 2.46. The van der Waals surface area contributed by atoms with Crippen molar-refractivity contribution in [3.05, 3.63) is 18.0 Å². The number of aromatic nitrogens is 2. The molecule has 0 aromatic carbocycles. The van der Waals surface area contributed by atoms with Crippen molar-refractivity contribution < 1.29 is 9.47 Å². The number of nitrogens with zero attached hydrogens (tertiary/aromatic N) is 3. The van der Waals surface area contributed by atoms with Gasteiger partial charge in [0.25, 0.3) is 0 Å². The van der Waals surface area contributed by atoms with Crippen LogP contribution in [-0.4, -0.2) is 55.5 Å². The van der Waals surface area contributed by atoms with Gasteiger partial charge in [0.2, 0.25) is 5.95 Å². The summed E-state index contributed by atoms with van der Waals surface area (Å²) < 4.78 is 10.8. The Morgan fingerprint density at radius 2 is 1.62 bits per heavy atom. The van der Waals surface area contributed by atoms with Crippen molar-refractivity contribution >= 4 is 5.95 Å². The molecule has 0 aliphatic heterocycles. The zero-order valence-electron chi connectivity index (χ0n) is 13.4. The van der Waals surface area contributed by atoms with E-state index in [9.17, 15) is 0 Å². The predicted octanol–water partition coefficient (Wildman–Crippen LogP) is 1.25. The van der Waals surface area contributed by atoms with Crippen molar-refractivity contribution in [2.24, 2.45) is 5.73 Å². The maximum absolute atomic E-state index is 5.79. The fraction of sp³-hybridized carbons (Fsp3) is 0.733. The van der Waals surface area contributed by atoms with Crippen molar-refractivity contribution in [2.75, 3.05) is 44.4 Å². The molecule has 2 N–H and O–H groups in total. The smallest absolute Gasteiger partial charge is 0.225 e. The van der Waals surface area contributed by atoms with Gasteiger partial charge in [-0.15, -0.1) is 0 Å². The lowest BCUT2D eigenvalue weighted by Crippen LogP contribution is -2.32. The Kier molecular flexibility index (Phi) is 8.89. The highest BCUT2D eigenvalue weighted by atomic mass is 16.5. The zero-order valence-corrected chi connectivity index (χ0v) is 13.4. The first-order chi connectivity index (χ1) is 10.2. The lowest BCUT2D eigenvalue weighted by atomic mass is 10.1. The summed E-state index contributed by atoms with van der Waals surface area (Å²) in [6.45, 7) is 10.2. The van der Waals surface area contributed by atoms with Crippen LogP contribution < -0.4 is 10.6 Å². The highest BCUT2D eigenvalue weighted by Gasteiger charge is 2.10. The van der Waals surface area contributed by atoms with Crippen molar-refractivity contribution in [2.45, 2.75) is 33.2 Å². The molecule has 1 aromatic heterocycles. The molecule has 21 heavy (non-hydrogen) atoms. The molecule has 0 spiro atoms. The standard InChI is InChI=1S/C15H28N4O2/c1-4-20-8-6-19(7-9-21-5-2)15-17-11-14(12-18-15)10-13(3)16/h11-13H,4-10,16H2,1-3H3. The van der Waals surface area contributed by atoms with Gasteiger partial charge >= 0.3 is 0 Å². The van der Waals surface area contributed by atoms with E-state index in [0.717, 1.165) is 25.1 Å². The Bertz CT molecular complexity index is 360. The summed E-state index contributed by atoms with van der Waals surface area (Å²) in [5.41, 5.74) is 6.84. The molecular formula is C15H28N4O2. The van der Waals surface area contributed by atoms with Crippen molar-refractivity contribution in [3.63, 3.8) is 0 Å². The Morgan fingerprint density at radius 1 is 1.10 bits per heavy atom. The summed E-state index contributed by atoms with van der Waals surface area (Å²) in [4.78, 5) is 11.0. The molecule has 120 valence electrons. The van der Waals surface area contributed by atoms with Gasteiger partial charge in [0.15, 0.2) is 0 Å². The molecule has 1 heterocycles. The van der Waals surface area contributed by atoms with Crippen molar-refractivity contribution in [3.8, 4) is 0 Å². The molecule has 0 bridgehead atoms. The lowest BCUT2D eigenvalue weighted by Gasteiger charge is -2.22. The van der Waals surface area contributed by atoms with Crippen molar-refractivity contribution in [1.29, 1.82) is 0 Å². The van der Waals surface area contributed by atoms with E-state index in [1.54, 1.807) is 0 Å². The number of hydrogen-bond donors (Lipinski definition) is 1. The van der Waals surface area contributed by atoms with Crippen LogP contribution in [-0.2, 0) is 15.9 Å². The molecule has 1 atom stereocenters. The molecular weight excluding hydrogens is 268 g/mol. The molecule has 6 heteroatoms. The second-order valence-electron chi connectivity index (χ2n) is 4.95. The number of nitrogens with two attached hydrogens (primary N) is 1. The molecule has 0 amide bonds. The lowest BCUT2D eigenvalue weighted by molar-refractivity contribution is 0.141. The normalized spacial score (nSPS) is 12.4. The van der Waals surface area contributed by atoms with Gasteiger partial charge in [-0.2, -0.15) is 0 Å². The minimum atomic E-state index is 0.117. The minimum Gasteiger partial charge on any atom is -0.380 e. The molecule has 0 fully saturated rings. The van der Waals surface area contributed by atoms with Gasteiger partial charge in [0.05, 0.1) is 13.2 Å². The van der Waals surface area contributed by atoms with Crippen LogP contribution in [0.1, 0.15) is 26.3 Å². The van der Waals surface area contributed by atoms with E-state index in [1.807, 2.05) is 33.2 Å². The fourth-order valence-corrected chi connectivity index (χ4v) is 1.94. The van der Waals surface area contributed by atoms with Crippen LogP contribution in [0.4, 0.5) is 5.95 Å².